The number of aryl methyl sites for hydroxylation is 1. The molecule has 88 valence electrons. The molecule has 0 spiro atoms. The largest absolute Gasteiger partial charge is 0.306 e. The molecule has 0 saturated carbocycles. The zero-order valence-electron chi connectivity index (χ0n) is 10.5. The summed E-state index contributed by atoms with van der Waals surface area (Å²) in [5.74, 6) is 0. The van der Waals surface area contributed by atoms with Gasteiger partial charge in [-0.05, 0) is 45.0 Å². The monoisotopic (exact) mass is 218 g/mol. The first kappa shape index (κ1) is 11.6. The highest BCUT2D eigenvalue weighted by Crippen LogP contribution is 2.19. The number of likely N-dealkylation sites (N-methyl/N-ethyl adjacent to an activating group) is 1. The number of benzene rings is 1. The zero-order chi connectivity index (χ0) is 11.5. The molecule has 0 amide bonds. The highest BCUT2D eigenvalue weighted by atomic mass is 15.2. The molecule has 1 heterocycles. The maximum absolute atomic E-state index is 3.72. The fraction of sp³-hybridized carbons (Fsp3) is 0.571. The normalized spacial score (nSPS) is 23.6. The van der Waals surface area contributed by atoms with Gasteiger partial charge in [0.2, 0.25) is 0 Å². The van der Waals surface area contributed by atoms with E-state index in [0.717, 1.165) is 0 Å². The quantitative estimate of drug-likeness (QED) is 0.838. The molecular weight excluding hydrogens is 196 g/mol. The van der Waals surface area contributed by atoms with Gasteiger partial charge in [-0.1, -0.05) is 24.3 Å². The fourth-order valence-electron chi connectivity index (χ4n) is 2.59. The van der Waals surface area contributed by atoms with Crippen molar-refractivity contribution in [1.29, 1.82) is 0 Å². The molecule has 2 rings (SSSR count). The van der Waals surface area contributed by atoms with E-state index in [4.69, 9.17) is 0 Å². The molecule has 1 unspecified atom stereocenters. The summed E-state index contributed by atoms with van der Waals surface area (Å²) in [4.78, 5) is 2.39. The van der Waals surface area contributed by atoms with Gasteiger partial charge in [-0.25, -0.2) is 0 Å². The lowest BCUT2D eigenvalue weighted by molar-refractivity contribution is 0.387. The highest BCUT2D eigenvalue weighted by molar-refractivity contribution is 5.28. The third-order valence-corrected chi connectivity index (χ3v) is 3.53. The molecule has 1 aliphatic rings. The van der Waals surface area contributed by atoms with Crippen molar-refractivity contribution in [2.45, 2.75) is 32.4 Å². The number of nitrogens with zero attached hydrogens (tertiary/aromatic N) is 1. The van der Waals surface area contributed by atoms with Crippen molar-refractivity contribution in [1.82, 2.24) is 10.2 Å². The molecule has 1 aromatic carbocycles. The highest BCUT2D eigenvalue weighted by Gasteiger charge is 2.21. The number of hydrogen-bond donors (Lipinski definition) is 1. The number of hydrogen-bond acceptors (Lipinski definition) is 2. The first-order valence-electron chi connectivity index (χ1n) is 6.17. The van der Waals surface area contributed by atoms with E-state index in [0.29, 0.717) is 12.1 Å². The molecular formula is C14H22N2. The van der Waals surface area contributed by atoms with Gasteiger partial charge >= 0.3 is 0 Å². The Balaban J connectivity index is 1.98. The summed E-state index contributed by atoms with van der Waals surface area (Å²) >= 11 is 0. The van der Waals surface area contributed by atoms with Gasteiger partial charge in [0.1, 0.15) is 0 Å². The molecule has 1 aromatic rings. The van der Waals surface area contributed by atoms with E-state index < -0.39 is 0 Å². The van der Waals surface area contributed by atoms with Crippen LogP contribution >= 0.6 is 0 Å². The Bertz CT molecular complexity index is 348. The standard InChI is InChI=1S/C14H22N2/c1-11-6-4-5-7-14(11)12(2)15-13-8-9-16(3)10-13/h4-7,12-13,15H,8-10H2,1-3H3/t12-,13?/m0/s1. The van der Waals surface area contributed by atoms with Crippen molar-refractivity contribution in [2.24, 2.45) is 0 Å². The second kappa shape index (κ2) is 4.98. The Labute approximate surface area is 98.7 Å². The van der Waals surface area contributed by atoms with Gasteiger partial charge in [0.15, 0.2) is 0 Å². The van der Waals surface area contributed by atoms with E-state index in [1.54, 1.807) is 0 Å². The van der Waals surface area contributed by atoms with Crippen molar-refractivity contribution in [3.8, 4) is 0 Å². The minimum atomic E-state index is 0.456. The molecule has 1 saturated heterocycles. The van der Waals surface area contributed by atoms with Crippen LogP contribution in [0.3, 0.4) is 0 Å². The minimum Gasteiger partial charge on any atom is -0.306 e. The van der Waals surface area contributed by atoms with Gasteiger partial charge in [-0.2, -0.15) is 0 Å². The number of nitrogens with one attached hydrogen (secondary N) is 1. The molecule has 1 N–H and O–H groups in total. The first-order chi connectivity index (χ1) is 7.66. The second-order valence-electron chi connectivity index (χ2n) is 4.99. The van der Waals surface area contributed by atoms with E-state index in [-0.39, 0.29) is 0 Å². The van der Waals surface area contributed by atoms with Gasteiger partial charge in [0.25, 0.3) is 0 Å². The summed E-state index contributed by atoms with van der Waals surface area (Å²) in [7, 11) is 2.19. The summed E-state index contributed by atoms with van der Waals surface area (Å²) in [5, 5.41) is 3.72. The van der Waals surface area contributed by atoms with Gasteiger partial charge in [-0.15, -0.1) is 0 Å². The topological polar surface area (TPSA) is 15.3 Å². The predicted octanol–water partition coefficient (Wildman–Crippen LogP) is 2.35. The molecule has 1 fully saturated rings. The van der Waals surface area contributed by atoms with Crippen LogP contribution in [0, 0.1) is 6.92 Å². The summed E-state index contributed by atoms with van der Waals surface area (Å²) in [6.07, 6.45) is 1.27. The van der Waals surface area contributed by atoms with Crippen LogP contribution < -0.4 is 5.32 Å². The van der Waals surface area contributed by atoms with E-state index >= 15 is 0 Å². The Morgan fingerprint density at radius 2 is 2.12 bits per heavy atom. The Hall–Kier alpha value is -0.860. The van der Waals surface area contributed by atoms with Gasteiger partial charge in [0, 0.05) is 18.6 Å². The van der Waals surface area contributed by atoms with Crippen molar-refractivity contribution in [3.63, 3.8) is 0 Å². The second-order valence-corrected chi connectivity index (χ2v) is 4.99. The molecule has 16 heavy (non-hydrogen) atoms. The molecule has 0 aromatic heterocycles. The molecule has 0 bridgehead atoms. The smallest absolute Gasteiger partial charge is 0.0297 e. The van der Waals surface area contributed by atoms with Crippen LogP contribution in [0.1, 0.15) is 30.5 Å². The predicted molar refractivity (Wildman–Crippen MR) is 68.6 cm³/mol. The summed E-state index contributed by atoms with van der Waals surface area (Å²) in [6.45, 7) is 6.85. The zero-order valence-corrected chi connectivity index (χ0v) is 10.5. The van der Waals surface area contributed by atoms with Crippen molar-refractivity contribution in [3.05, 3.63) is 35.4 Å². The van der Waals surface area contributed by atoms with Crippen molar-refractivity contribution in [2.75, 3.05) is 20.1 Å². The summed E-state index contributed by atoms with van der Waals surface area (Å²) < 4.78 is 0. The summed E-state index contributed by atoms with van der Waals surface area (Å²) in [6, 6.07) is 9.76. The number of likely N-dealkylation sites (tertiary alicyclic amines) is 1. The van der Waals surface area contributed by atoms with Gasteiger partial charge in [-0.3, -0.25) is 0 Å². The van der Waals surface area contributed by atoms with Crippen molar-refractivity contribution < 1.29 is 0 Å². The molecule has 0 radical (unpaired) electrons. The van der Waals surface area contributed by atoms with Crippen LogP contribution in [-0.4, -0.2) is 31.1 Å². The van der Waals surface area contributed by atoms with Crippen LogP contribution in [0.2, 0.25) is 0 Å². The maximum atomic E-state index is 3.72. The van der Waals surface area contributed by atoms with E-state index in [1.165, 1.54) is 30.6 Å². The summed E-state index contributed by atoms with van der Waals surface area (Å²) in [5.41, 5.74) is 2.81. The third kappa shape index (κ3) is 2.63. The van der Waals surface area contributed by atoms with Crippen LogP contribution in [0.15, 0.2) is 24.3 Å². The third-order valence-electron chi connectivity index (χ3n) is 3.53. The Morgan fingerprint density at radius 1 is 1.38 bits per heavy atom. The minimum absolute atomic E-state index is 0.456. The lowest BCUT2D eigenvalue weighted by Gasteiger charge is -2.21. The Morgan fingerprint density at radius 3 is 2.75 bits per heavy atom. The van der Waals surface area contributed by atoms with E-state index in [9.17, 15) is 0 Å². The Kier molecular flexibility index (Phi) is 3.62. The van der Waals surface area contributed by atoms with Crippen LogP contribution in [0.25, 0.3) is 0 Å². The lowest BCUT2D eigenvalue weighted by Crippen LogP contribution is -2.33. The molecule has 2 atom stereocenters. The van der Waals surface area contributed by atoms with Crippen LogP contribution in [-0.2, 0) is 0 Å². The van der Waals surface area contributed by atoms with Gasteiger partial charge < -0.3 is 10.2 Å². The van der Waals surface area contributed by atoms with Crippen LogP contribution in [0.5, 0.6) is 0 Å². The van der Waals surface area contributed by atoms with E-state index in [2.05, 4.69) is 55.4 Å². The average molecular weight is 218 g/mol. The SMILES string of the molecule is Cc1ccccc1[C@H](C)NC1CCN(C)C1. The van der Waals surface area contributed by atoms with Gasteiger partial charge in [0.05, 0.1) is 0 Å². The maximum Gasteiger partial charge on any atom is 0.0297 e. The average Bonchev–Trinajstić information content (AvgIpc) is 2.64. The fourth-order valence-corrected chi connectivity index (χ4v) is 2.59. The molecule has 1 aliphatic heterocycles. The van der Waals surface area contributed by atoms with E-state index in [1.807, 2.05) is 0 Å². The number of rotatable bonds is 3. The molecule has 2 heteroatoms. The van der Waals surface area contributed by atoms with Crippen LogP contribution in [0.4, 0.5) is 0 Å². The first-order valence-corrected chi connectivity index (χ1v) is 6.17. The lowest BCUT2D eigenvalue weighted by atomic mass is 10.0. The van der Waals surface area contributed by atoms with Crippen molar-refractivity contribution >= 4 is 0 Å². The molecule has 0 aliphatic carbocycles. The molecule has 2 nitrogen and oxygen atoms in total.